The number of methoxy groups -OCH3 is 1. The van der Waals surface area contributed by atoms with E-state index in [1.54, 1.807) is 13.2 Å². The maximum absolute atomic E-state index is 12.9. The van der Waals surface area contributed by atoms with Gasteiger partial charge in [0.05, 0.1) is 18.2 Å². The lowest BCUT2D eigenvalue weighted by molar-refractivity contribution is -0.116. The Kier molecular flexibility index (Phi) is 5.86. The van der Waals surface area contributed by atoms with Crippen molar-refractivity contribution >= 4 is 44.9 Å². The number of fused-ring (bicyclic) bond motifs is 1. The molecule has 0 saturated carbocycles. The van der Waals surface area contributed by atoms with Crippen LogP contribution in [0.4, 0.5) is 5.69 Å². The highest BCUT2D eigenvalue weighted by Gasteiger charge is 2.16. The summed E-state index contributed by atoms with van der Waals surface area (Å²) < 4.78 is 6.72. The third-order valence-corrected chi connectivity index (χ3v) is 5.98. The summed E-state index contributed by atoms with van der Waals surface area (Å²) in [6.45, 7) is 3.87. The Balaban J connectivity index is 1.94. The topological polar surface area (TPSA) is 73.2 Å². The summed E-state index contributed by atoms with van der Waals surface area (Å²) >= 11 is 2.88. The fourth-order valence-electron chi connectivity index (χ4n) is 2.77. The largest absolute Gasteiger partial charge is 0.495 e. The molecule has 1 aromatic carbocycles. The van der Waals surface area contributed by atoms with E-state index in [1.807, 2.05) is 38.3 Å². The van der Waals surface area contributed by atoms with Gasteiger partial charge >= 0.3 is 0 Å². The van der Waals surface area contributed by atoms with Crippen molar-refractivity contribution in [2.24, 2.45) is 0 Å². The Hall–Kier alpha value is -2.32. The standard InChI is InChI=1S/C19H21N3O3S2/c1-5-12-9-13-17(27-12)21-19(26-4)22(18(13)24)10-16(23)20-14-8-11(2)6-7-15(14)25-3/h6-9H,5,10H2,1-4H3,(H,20,23). The quantitative estimate of drug-likeness (QED) is 0.502. The number of nitrogens with zero attached hydrogens (tertiary/aromatic N) is 2. The second-order valence-electron chi connectivity index (χ2n) is 6.03. The fourth-order valence-corrected chi connectivity index (χ4v) is 4.34. The molecule has 8 heteroatoms. The van der Waals surface area contributed by atoms with Crippen molar-refractivity contribution in [2.75, 3.05) is 18.7 Å². The van der Waals surface area contributed by atoms with E-state index in [2.05, 4.69) is 10.3 Å². The van der Waals surface area contributed by atoms with E-state index in [0.717, 1.165) is 21.7 Å². The third kappa shape index (κ3) is 4.01. The van der Waals surface area contributed by atoms with E-state index in [0.29, 0.717) is 22.0 Å². The van der Waals surface area contributed by atoms with Crippen LogP contribution in [0.2, 0.25) is 0 Å². The lowest BCUT2D eigenvalue weighted by Gasteiger charge is -2.13. The molecule has 1 N–H and O–H groups in total. The van der Waals surface area contributed by atoms with Gasteiger partial charge < -0.3 is 10.1 Å². The Morgan fingerprint density at radius 2 is 2.15 bits per heavy atom. The third-order valence-electron chi connectivity index (χ3n) is 4.13. The van der Waals surface area contributed by atoms with Crippen molar-refractivity contribution in [1.29, 1.82) is 0 Å². The number of benzene rings is 1. The Morgan fingerprint density at radius 1 is 1.37 bits per heavy atom. The van der Waals surface area contributed by atoms with Gasteiger partial charge in [-0.05, 0) is 43.4 Å². The molecule has 0 unspecified atom stereocenters. The van der Waals surface area contributed by atoms with Gasteiger partial charge in [0.15, 0.2) is 5.16 Å². The summed E-state index contributed by atoms with van der Waals surface area (Å²) in [4.78, 5) is 31.9. The molecule has 27 heavy (non-hydrogen) atoms. The molecular weight excluding hydrogens is 382 g/mol. The van der Waals surface area contributed by atoms with Gasteiger partial charge in [0.1, 0.15) is 17.1 Å². The van der Waals surface area contributed by atoms with Gasteiger partial charge in [-0.2, -0.15) is 0 Å². The van der Waals surface area contributed by atoms with Crippen molar-refractivity contribution < 1.29 is 9.53 Å². The van der Waals surface area contributed by atoms with Crippen molar-refractivity contribution in [3.63, 3.8) is 0 Å². The number of aryl methyl sites for hydroxylation is 2. The molecule has 3 aromatic rings. The number of thiophene rings is 1. The highest BCUT2D eigenvalue weighted by Crippen LogP contribution is 2.26. The van der Waals surface area contributed by atoms with Gasteiger partial charge in [-0.25, -0.2) is 4.98 Å². The Labute approximate surface area is 165 Å². The van der Waals surface area contributed by atoms with E-state index < -0.39 is 0 Å². The zero-order valence-electron chi connectivity index (χ0n) is 15.7. The average Bonchev–Trinajstić information content (AvgIpc) is 3.07. The predicted octanol–water partition coefficient (Wildman–Crippen LogP) is 3.70. The summed E-state index contributed by atoms with van der Waals surface area (Å²) in [5.74, 6) is 0.272. The SMILES string of the molecule is CCc1cc2c(=O)n(CC(=O)Nc3cc(C)ccc3OC)c(SC)nc2s1. The van der Waals surface area contributed by atoms with Crippen LogP contribution in [0.1, 0.15) is 17.4 Å². The van der Waals surface area contributed by atoms with Crippen LogP contribution in [0.3, 0.4) is 0 Å². The average molecular weight is 404 g/mol. The molecule has 3 rings (SSSR count). The number of amides is 1. The number of ether oxygens (including phenoxy) is 1. The first-order valence-corrected chi connectivity index (χ1v) is 10.5. The maximum Gasteiger partial charge on any atom is 0.263 e. The second kappa shape index (κ2) is 8.14. The maximum atomic E-state index is 12.9. The minimum atomic E-state index is -0.302. The number of anilines is 1. The number of carbonyl (C=O) groups excluding carboxylic acids is 1. The zero-order chi connectivity index (χ0) is 19.6. The first kappa shape index (κ1) is 19.4. The molecular formula is C19H21N3O3S2. The van der Waals surface area contributed by atoms with Crippen molar-refractivity contribution in [2.45, 2.75) is 32.0 Å². The number of hydrogen-bond acceptors (Lipinski definition) is 6. The van der Waals surface area contributed by atoms with Crippen molar-refractivity contribution in [3.05, 3.63) is 45.1 Å². The van der Waals surface area contributed by atoms with Crippen LogP contribution in [0.25, 0.3) is 10.2 Å². The van der Waals surface area contributed by atoms with E-state index >= 15 is 0 Å². The van der Waals surface area contributed by atoms with E-state index in [4.69, 9.17) is 4.74 Å². The molecule has 2 heterocycles. The monoisotopic (exact) mass is 403 g/mol. The lowest BCUT2D eigenvalue weighted by atomic mass is 10.2. The number of rotatable bonds is 6. The van der Waals surface area contributed by atoms with Crippen molar-refractivity contribution in [1.82, 2.24) is 9.55 Å². The highest BCUT2D eigenvalue weighted by molar-refractivity contribution is 7.98. The second-order valence-corrected chi connectivity index (χ2v) is 7.92. The number of aromatic nitrogens is 2. The van der Waals surface area contributed by atoms with Gasteiger partial charge in [-0.3, -0.25) is 14.2 Å². The van der Waals surface area contributed by atoms with E-state index in [9.17, 15) is 9.59 Å². The number of thioether (sulfide) groups is 1. The van der Waals surface area contributed by atoms with Gasteiger partial charge in [0.2, 0.25) is 5.91 Å². The van der Waals surface area contributed by atoms with Crippen LogP contribution in [-0.4, -0.2) is 28.8 Å². The number of nitrogens with one attached hydrogen (secondary N) is 1. The molecule has 0 bridgehead atoms. The molecule has 0 radical (unpaired) electrons. The molecule has 0 fully saturated rings. The Morgan fingerprint density at radius 3 is 2.81 bits per heavy atom. The molecule has 0 atom stereocenters. The fraction of sp³-hybridized carbons (Fsp3) is 0.316. The predicted molar refractivity (Wildman–Crippen MR) is 111 cm³/mol. The van der Waals surface area contributed by atoms with Crippen LogP contribution in [0.5, 0.6) is 5.75 Å². The minimum absolute atomic E-state index is 0.105. The van der Waals surface area contributed by atoms with Crippen LogP contribution in [-0.2, 0) is 17.8 Å². The zero-order valence-corrected chi connectivity index (χ0v) is 17.3. The van der Waals surface area contributed by atoms with Crippen LogP contribution >= 0.6 is 23.1 Å². The molecule has 0 aliphatic heterocycles. The summed E-state index contributed by atoms with van der Waals surface area (Å²) in [7, 11) is 1.55. The van der Waals surface area contributed by atoms with Gasteiger partial charge in [0.25, 0.3) is 5.56 Å². The number of hydrogen-bond donors (Lipinski definition) is 1. The van der Waals surface area contributed by atoms with E-state index in [1.165, 1.54) is 27.7 Å². The summed E-state index contributed by atoms with van der Waals surface area (Å²) in [5, 5.41) is 3.93. The molecule has 142 valence electrons. The first-order chi connectivity index (χ1) is 13.0. The Bertz CT molecular complexity index is 1060. The summed E-state index contributed by atoms with van der Waals surface area (Å²) in [5.41, 5.74) is 1.40. The smallest absolute Gasteiger partial charge is 0.263 e. The molecule has 2 aromatic heterocycles. The number of carbonyl (C=O) groups is 1. The van der Waals surface area contributed by atoms with Gasteiger partial charge in [-0.15, -0.1) is 11.3 Å². The molecule has 0 aliphatic carbocycles. The van der Waals surface area contributed by atoms with E-state index in [-0.39, 0.29) is 18.0 Å². The van der Waals surface area contributed by atoms with Crippen LogP contribution in [0.15, 0.2) is 34.2 Å². The normalized spacial score (nSPS) is 11.0. The minimum Gasteiger partial charge on any atom is -0.495 e. The molecule has 6 nitrogen and oxygen atoms in total. The first-order valence-electron chi connectivity index (χ1n) is 8.48. The lowest BCUT2D eigenvalue weighted by Crippen LogP contribution is -2.29. The highest BCUT2D eigenvalue weighted by atomic mass is 32.2. The molecule has 0 aliphatic rings. The molecule has 0 saturated heterocycles. The molecule has 1 amide bonds. The van der Waals surface area contributed by atoms with Gasteiger partial charge in [-0.1, -0.05) is 24.8 Å². The summed E-state index contributed by atoms with van der Waals surface area (Å²) in [6.07, 6.45) is 2.70. The van der Waals surface area contributed by atoms with Crippen molar-refractivity contribution in [3.8, 4) is 5.75 Å². The summed E-state index contributed by atoms with van der Waals surface area (Å²) in [6, 6.07) is 7.42. The van der Waals surface area contributed by atoms with Crippen LogP contribution in [0, 0.1) is 6.92 Å². The molecule has 0 spiro atoms. The van der Waals surface area contributed by atoms with Gasteiger partial charge in [0, 0.05) is 4.88 Å². The van der Waals surface area contributed by atoms with Crippen LogP contribution < -0.4 is 15.6 Å².